The standard InChI is InChI=1S/C7H7BrO2S/c1-4-3-5(6(8)11-4)7(9)10-2/h3H,1-2H3. The van der Waals surface area contributed by atoms with Gasteiger partial charge in [0, 0.05) is 4.88 Å². The van der Waals surface area contributed by atoms with E-state index in [1.807, 2.05) is 6.92 Å². The fraction of sp³-hybridized carbons (Fsp3) is 0.286. The van der Waals surface area contributed by atoms with Crippen molar-refractivity contribution in [3.63, 3.8) is 0 Å². The van der Waals surface area contributed by atoms with E-state index < -0.39 is 0 Å². The van der Waals surface area contributed by atoms with Crippen LogP contribution in [-0.2, 0) is 4.74 Å². The van der Waals surface area contributed by atoms with Crippen LogP contribution < -0.4 is 0 Å². The Bertz CT molecular complexity index is 280. The molecule has 0 aliphatic heterocycles. The lowest BCUT2D eigenvalue weighted by Crippen LogP contribution is -1.99. The Kier molecular flexibility index (Phi) is 2.67. The van der Waals surface area contributed by atoms with Gasteiger partial charge >= 0.3 is 5.97 Å². The Hall–Kier alpha value is -0.350. The summed E-state index contributed by atoms with van der Waals surface area (Å²) >= 11 is 4.80. The van der Waals surface area contributed by atoms with Gasteiger partial charge in [-0.2, -0.15) is 0 Å². The molecule has 0 spiro atoms. The van der Waals surface area contributed by atoms with Crippen molar-refractivity contribution in [3.05, 3.63) is 20.3 Å². The highest BCUT2D eigenvalue weighted by Crippen LogP contribution is 2.27. The Morgan fingerprint density at radius 1 is 1.73 bits per heavy atom. The molecule has 0 aromatic carbocycles. The van der Waals surface area contributed by atoms with Crippen LogP contribution in [0.25, 0.3) is 0 Å². The molecule has 1 heterocycles. The van der Waals surface area contributed by atoms with Crippen LogP contribution in [0.2, 0.25) is 0 Å². The number of rotatable bonds is 1. The number of esters is 1. The van der Waals surface area contributed by atoms with Crippen molar-refractivity contribution < 1.29 is 9.53 Å². The maximum absolute atomic E-state index is 11.0. The summed E-state index contributed by atoms with van der Waals surface area (Å²) in [5, 5.41) is 0. The molecule has 0 unspecified atom stereocenters. The number of aryl methyl sites for hydroxylation is 1. The zero-order valence-corrected chi connectivity index (χ0v) is 8.58. The first-order valence-corrected chi connectivity index (χ1v) is 4.60. The van der Waals surface area contributed by atoms with Gasteiger partial charge in [0.25, 0.3) is 0 Å². The molecule has 0 aliphatic carbocycles. The second-order valence-corrected chi connectivity index (χ2v) is 4.61. The van der Waals surface area contributed by atoms with Crippen LogP contribution in [0.5, 0.6) is 0 Å². The highest BCUT2D eigenvalue weighted by Gasteiger charge is 2.12. The maximum atomic E-state index is 11.0. The third kappa shape index (κ3) is 1.81. The average Bonchev–Trinajstić information content (AvgIpc) is 2.28. The number of methoxy groups -OCH3 is 1. The van der Waals surface area contributed by atoms with Gasteiger partial charge < -0.3 is 4.74 Å². The summed E-state index contributed by atoms with van der Waals surface area (Å²) in [6, 6.07) is 1.81. The Balaban J connectivity index is 3.03. The van der Waals surface area contributed by atoms with E-state index in [9.17, 15) is 4.79 Å². The molecule has 0 aliphatic rings. The number of carbonyl (C=O) groups excluding carboxylic acids is 1. The highest BCUT2D eigenvalue weighted by molar-refractivity contribution is 9.11. The molecule has 11 heavy (non-hydrogen) atoms. The first-order chi connectivity index (χ1) is 5.15. The van der Waals surface area contributed by atoms with Gasteiger partial charge in [-0.15, -0.1) is 11.3 Å². The smallest absolute Gasteiger partial charge is 0.339 e. The molecular formula is C7H7BrO2S. The summed E-state index contributed by atoms with van der Waals surface area (Å²) in [5.41, 5.74) is 0.606. The summed E-state index contributed by atoms with van der Waals surface area (Å²) in [6.45, 7) is 1.95. The highest BCUT2D eigenvalue weighted by atomic mass is 79.9. The summed E-state index contributed by atoms with van der Waals surface area (Å²) < 4.78 is 5.40. The topological polar surface area (TPSA) is 26.3 Å². The molecule has 2 nitrogen and oxygen atoms in total. The van der Waals surface area contributed by atoms with Gasteiger partial charge in [0.1, 0.15) is 0 Å². The molecule has 0 fully saturated rings. The summed E-state index contributed by atoms with van der Waals surface area (Å²) in [5.74, 6) is -0.291. The van der Waals surface area contributed by atoms with Crippen LogP contribution in [0.1, 0.15) is 15.2 Å². The Morgan fingerprint density at radius 2 is 2.36 bits per heavy atom. The molecule has 0 N–H and O–H groups in total. The second-order valence-electron chi connectivity index (χ2n) is 2.04. The summed E-state index contributed by atoms with van der Waals surface area (Å²) in [4.78, 5) is 12.1. The van der Waals surface area contributed by atoms with Gasteiger partial charge in [-0.3, -0.25) is 0 Å². The normalized spacial score (nSPS) is 9.73. The molecule has 4 heteroatoms. The fourth-order valence-corrected chi connectivity index (χ4v) is 2.49. The van der Waals surface area contributed by atoms with E-state index in [-0.39, 0.29) is 5.97 Å². The molecule has 0 atom stereocenters. The summed E-state index contributed by atoms with van der Waals surface area (Å²) in [6.07, 6.45) is 0. The summed E-state index contributed by atoms with van der Waals surface area (Å²) in [7, 11) is 1.38. The number of thiophene rings is 1. The van der Waals surface area contributed by atoms with Crippen molar-refractivity contribution in [2.75, 3.05) is 7.11 Å². The van der Waals surface area contributed by atoms with Crippen LogP contribution in [0, 0.1) is 6.92 Å². The van der Waals surface area contributed by atoms with Crippen molar-refractivity contribution >= 4 is 33.2 Å². The first kappa shape index (κ1) is 8.74. The lowest BCUT2D eigenvalue weighted by Gasteiger charge is -1.93. The molecule has 1 aromatic heterocycles. The van der Waals surface area contributed by atoms with Gasteiger partial charge in [0.05, 0.1) is 16.5 Å². The minimum atomic E-state index is -0.291. The average molecular weight is 235 g/mol. The van der Waals surface area contributed by atoms with Crippen LogP contribution in [0.3, 0.4) is 0 Å². The fourth-order valence-electron chi connectivity index (χ4n) is 0.735. The first-order valence-electron chi connectivity index (χ1n) is 2.99. The number of carbonyl (C=O) groups is 1. The Labute approximate surface area is 77.3 Å². The molecule has 0 amide bonds. The Morgan fingerprint density at radius 3 is 2.73 bits per heavy atom. The van der Waals surface area contributed by atoms with Crippen molar-refractivity contribution in [2.45, 2.75) is 6.92 Å². The molecule has 0 saturated carbocycles. The largest absolute Gasteiger partial charge is 0.465 e. The van der Waals surface area contributed by atoms with E-state index in [2.05, 4.69) is 20.7 Å². The van der Waals surface area contributed by atoms with Crippen LogP contribution in [-0.4, -0.2) is 13.1 Å². The van der Waals surface area contributed by atoms with Crippen molar-refractivity contribution in [1.82, 2.24) is 0 Å². The van der Waals surface area contributed by atoms with E-state index in [4.69, 9.17) is 0 Å². The van der Waals surface area contributed by atoms with E-state index in [1.165, 1.54) is 18.4 Å². The number of hydrogen-bond donors (Lipinski definition) is 0. The van der Waals surface area contributed by atoms with Gasteiger partial charge in [-0.05, 0) is 28.9 Å². The molecule has 60 valence electrons. The number of halogens is 1. The molecule has 1 aromatic rings. The quantitative estimate of drug-likeness (QED) is 0.699. The van der Waals surface area contributed by atoms with Crippen molar-refractivity contribution in [2.24, 2.45) is 0 Å². The van der Waals surface area contributed by atoms with Gasteiger partial charge in [0.15, 0.2) is 0 Å². The molecule has 0 saturated heterocycles. The molecule has 1 rings (SSSR count). The minimum absolute atomic E-state index is 0.291. The third-order valence-corrected chi connectivity index (χ3v) is 2.97. The maximum Gasteiger partial charge on any atom is 0.339 e. The number of ether oxygens (including phenoxy) is 1. The zero-order chi connectivity index (χ0) is 8.43. The SMILES string of the molecule is COC(=O)c1cc(C)sc1Br. The monoisotopic (exact) mass is 234 g/mol. The lowest BCUT2D eigenvalue weighted by atomic mass is 10.3. The molecule has 0 bridgehead atoms. The lowest BCUT2D eigenvalue weighted by molar-refractivity contribution is 0.0600. The van der Waals surface area contributed by atoms with E-state index in [0.29, 0.717) is 5.56 Å². The predicted molar refractivity (Wildman–Crippen MR) is 48.1 cm³/mol. The zero-order valence-electron chi connectivity index (χ0n) is 6.18. The van der Waals surface area contributed by atoms with Crippen LogP contribution >= 0.6 is 27.3 Å². The third-order valence-electron chi connectivity index (χ3n) is 1.22. The van der Waals surface area contributed by atoms with Crippen LogP contribution in [0.15, 0.2) is 9.85 Å². The molecular weight excluding hydrogens is 228 g/mol. The van der Waals surface area contributed by atoms with Gasteiger partial charge in [0.2, 0.25) is 0 Å². The number of hydrogen-bond acceptors (Lipinski definition) is 3. The van der Waals surface area contributed by atoms with Crippen LogP contribution in [0.4, 0.5) is 0 Å². The van der Waals surface area contributed by atoms with E-state index in [1.54, 1.807) is 6.07 Å². The molecule has 0 radical (unpaired) electrons. The van der Waals surface area contributed by atoms with Crippen molar-refractivity contribution in [3.8, 4) is 0 Å². The van der Waals surface area contributed by atoms with Gasteiger partial charge in [-0.25, -0.2) is 4.79 Å². The minimum Gasteiger partial charge on any atom is -0.465 e. The van der Waals surface area contributed by atoms with Crippen molar-refractivity contribution in [1.29, 1.82) is 0 Å². The second kappa shape index (κ2) is 3.36. The van der Waals surface area contributed by atoms with E-state index >= 15 is 0 Å². The predicted octanol–water partition coefficient (Wildman–Crippen LogP) is 2.61. The van der Waals surface area contributed by atoms with Gasteiger partial charge in [-0.1, -0.05) is 0 Å². The van der Waals surface area contributed by atoms with E-state index in [0.717, 1.165) is 8.66 Å².